The number of rotatable bonds is 2. The van der Waals surface area contributed by atoms with Gasteiger partial charge in [-0.3, -0.25) is 9.78 Å². The van der Waals surface area contributed by atoms with Crippen LogP contribution in [0.15, 0.2) is 12.4 Å². The van der Waals surface area contributed by atoms with Crippen LogP contribution in [0.5, 0.6) is 0 Å². The molecule has 0 saturated carbocycles. The Labute approximate surface area is 102 Å². The largest absolute Gasteiger partial charge is 0.396 e. The van der Waals surface area contributed by atoms with E-state index in [4.69, 9.17) is 11.5 Å². The minimum atomic E-state index is 0.0727. The Kier molecular flexibility index (Phi) is 3.00. The summed E-state index contributed by atoms with van der Waals surface area (Å²) in [5.41, 5.74) is 13.0. The lowest BCUT2D eigenvalue weighted by Gasteiger charge is -2.18. The van der Waals surface area contributed by atoms with Crippen molar-refractivity contribution in [2.45, 2.75) is 6.42 Å². The van der Waals surface area contributed by atoms with Gasteiger partial charge in [-0.1, -0.05) is 15.9 Å². The molecule has 1 atom stereocenters. The molecule has 0 bridgehead atoms. The van der Waals surface area contributed by atoms with Gasteiger partial charge in [0.05, 0.1) is 29.5 Å². The van der Waals surface area contributed by atoms with Gasteiger partial charge in [-0.15, -0.1) is 0 Å². The quantitative estimate of drug-likeness (QED) is 0.794. The second-order valence-corrected chi connectivity index (χ2v) is 4.54. The summed E-state index contributed by atoms with van der Waals surface area (Å²) in [5, 5.41) is 0.810. The fourth-order valence-corrected chi connectivity index (χ4v) is 2.24. The average molecular weight is 285 g/mol. The number of nitrogen functional groups attached to an aromatic ring is 2. The van der Waals surface area contributed by atoms with Gasteiger partial charge in [-0.05, 0) is 5.92 Å². The molecule has 1 aliphatic heterocycles. The van der Waals surface area contributed by atoms with Crippen LogP contribution in [0.4, 0.5) is 17.1 Å². The third kappa shape index (κ3) is 1.84. The van der Waals surface area contributed by atoms with Crippen molar-refractivity contribution < 1.29 is 4.79 Å². The first-order valence-electron chi connectivity index (χ1n) is 4.98. The highest BCUT2D eigenvalue weighted by Gasteiger charge is 2.31. The van der Waals surface area contributed by atoms with Crippen LogP contribution in [0.25, 0.3) is 0 Å². The van der Waals surface area contributed by atoms with E-state index in [-0.39, 0.29) is 5.91 Å². The summed E-state index contributed by atoms with van der Waals surface area (Å²) in [5.74, 6) is 0.400. The van der Waals surface area contributed by atoms with Crippen LogP contribution < -0.4 is 16.4 Å². The van der Waals surface area contributed by atoms with E-state index in [0.29, 0.717) is 35.9 Å². The molecule has 1 aliphatic rings. The Morgan fingerprint density at radius 3 is 2.88 bits per heavy atom. The second-order valence-electron chi connectivity index (χ2n) is 3.89. The molecule has 0 spiro atoms. The smallest absolute Gasteiger partial charge is 0.227 e. The minimum absolute atomic E-state index is 0.0727. The monoisotopic (exact) mass is 284 g/mol. The number of alkyl halides is 1. The van der Waals surface area contributed by atoms with E-state index in [1.54, 1.807) is 11.1 Å². The number of hydrogen-bond donors (Lipinski definition) is 2. The molecule has 5 nitrogen and oxygen atoms in total. The van der Waals surface area contributed by atoms with Gasteiger partial charge in [0.2, 0.25) is 5.91 Å². The molecule has 2 heterocycles. The molecule has 6 heteroatoms. The molecule has 1 aromatic rings. The SMILES string of the molecule is Nc1cncc(N2CC(CBr)CC2=O)c1N. The number of anilines is 3. The van der Waals surface area contributed by atoms with E-state index < -0.39 is 0 Å². The summed E-state index contributed by atoms with van der Waals surface area (Å²) in [4.78, 5) is 17.4. The van der Waals surface area contributed by atoms with Gasteiger partial charge < -0.3 is 16.4 Å². The number of carbonyl (C=O) groups excluding carboxylic acids is 1. The minimum Gasteiger partial charge on any atom is -0.396 e. The lowest BCUT2D eigenvalue weighted by molar-refractivity contribution is -0.117. The molecule has 2 rings (SSSR count). The van der Waals surface area contributed by atoms with E-state index in [1.807, 2.05) is 0 Å². The summed E-state index contributed by atoms with van der Waals surface area (Å²) < 4.78 is 0. The van der Waals surface area contributed by atoms with Crippen molar-refractivity contribution in [3.05, 3.63) is 12.4 Å². The summed E-state index contributed by atoms with van der Waals surface area (Å²) >= 11 is 3.39. The highest BCUT2D eigenvalue weighted by atomic mass is 79.9. The first-order valence-corrected chi connectivity index (χ1v) is 6.11. The Bertz CT molecular complexity index is 423. The van der Waals surface area contributed by atoms with E-state index in [2.05, 4.69) is 20.9 Å². The number of pyridine rings is 1. The molecule has 1 fully saturated rings. The predicted octanol–water partition coefficient (Wildman–Crippen LogP) is 0.994. The van der Waals surface area contributed by atoms with Crippen LogP contribution in [0.3, 0.4) is 0 Å². The van der Waals surface area contributed by atoms with E-state index >= 15 is 0 Å². The van der Waals surface area contributed by atoms with Crippen molar-refractivity contribution in [1.82, 2.24) is 4.98 Å². The molecule has 86 valence electrons. The maximum atomic E-state index is 11.8. The number of amides is 1. The number of carbonyl (C=O) groups is 1. The number of halogens is 1. The summed E-state index contributed by atoms with van der Waals surface area (Å²) in [6, 6.07) is 0. The molecule has 0 radical (unpaired) electrons. The molecule has 0 aliphatic carbocycles. The summed E-state index contributed by atoms with van der Waals surface area (Å²) in [6.45, 7) is 0.666. The molecular formula is C10H13BrN4O. The van der Waals surface area contributed by atoms with E-state index in [1.165, 1.54) is 6.20 Å². The predicted molar refractivity (Wildman–Crippen MR) is 67.3 cm³/mol. The molecule has 1 saturated heterocycles. The first kappa shape index (κ1) is 11.2. The van der Waals surface area contributed by atoms with E-state index in [0.717, 1.165) is 5.33 Å². The number of aromatic nitrogens is 1. The third-order valence-corrected chi connectivity index (χ3v) is 3.63. The number of nitrogens with zero attached hydrogens (tertiary/aromatic N) is 2. The van der Waals surface area contributed by atoms with Crippen molar-refractivity contribution in [1.29, 1.82) is 0 Å². The fourth-order valence-electron chi connectivity index (χ4n) is 1.81. The third-order valence-electron chi connectivity index (χ3n) is 2.71. The van der Waals surface area contributed by atoms with Crippen LogP contribution in [0.1, 0.15) is 6.42 Å². The molecule has 1 aromatic heterocycles. The van der Waals surface area contributed by atoms with Crippen molar-refractivity contribution in [2.24, 2.45) is 5.92 Å². The van der Waals surface area contributed by atoms with Crippen LogP contribution in [0, 0.1) is 5.92 Å². The number of hydrogen-bond acceptors (Lipinski definition) is 4. The number of nitrogens with two attached hydrogens (primary N) is 2. The van der Waals surface area contributed by atoms with Gasteiger partial charge in [0.25, 0.3) is 0 Å². The maximum absolute atomic E-state index is 11.8. The van der Waals surface area contributed by atoms with Gasteiger partial charge >= 0.3 is 0 Å². The van der Waals surface area contributed by atoms with E-state index in [9.17, 15) is 4.79 Å². The normalized spacial score (nSPS) is 20.4. The van der Waals surface area contributed by atoms with Crippen LogP contribution >= 0.6 is 15.9 Å². The zero-order chi connectivity index (χ0) is 11.7. The molecular weight excluding hydrogens is 272 g/mol. The van der Waals surface area contributed by atoms with Gasteiger partial charge in [0.1, 0.15) is 0 Å². The highest BCUT2D eigenvalue weighted by molar-refractivity contribution is 9.09. The van der Waals surface area contributed by atoms with Crippen molar-refractivity contribution in [3.63, 3.8) is 0 Å². The lowest BCUT2D eigenvalue weighted by atomic mass is 10.2. The Hall–Kier alpha value is -1.30. The zero-order valence-electron chi connectivity index (χ0n) is 8.69. The average Bonchev–Trinajstić information content (AvgIpc) is 2.64. The zero-order valence-corrected chi connectivity index (χ0v) is 10.3. The Morgan fingerprint density at radius 2 is 2.25 bits per heavy atom. The van der Waals surface area contributed by atoms with Crippen molar-refractivity contribution in [3.8, 4) is 0 Å². The van der Waals surface area contributed by atoms with Gasteiger partial charge in [0, 0.05) is 18.3 Å². The standard InChI is InChI=1S/C10H13BrN4O/c11-2-6-1-9(16)15(5-6)8-4-14-3-7(12)10(8)13/h3-4,6H,1-2,5,12H2,(H2,13,14). The van der Waals surface area contributed by atoms with Gasteiger partial charge in [-0.25, -0.2) is 0 Å². The topological polar surface area (TPSA) is 85.2 Å². The summed E-state index contributed by atoms with van der Waals surface area (Å²) in [7, 11) is 0. The van der Waals surface area contributed by atoms with Crippen LogP contribution in [0.2, 0.25) is 0 Å². The van der Waals surface area contributed by atoms with Gasteiger partial charge in [-0.2, -0.15) is 0 Å². The molecule has 1 unspecified atom stereocenters. The van der Waals surface area contributed by atoms with Crippen molar-refractivity contribution in [2.75, 3.05) is 28.2 Å². The molecule has 0 aromatic carbocycles. The Balaban J connectivity index is 2.31. The second kappa shape index (κ2) is 4.29. The Morgan fingerprint density at radius 1 is 1.50 bits per heavy atom. The van der Waals surface area contributed by atoms with Crippen molar-refractivity contribution >= 4 is 38.9 Å². The fraction of sp³-hybridized carbons (Fsp3) is 0.400. The maximum Gasteiger partial charge on any atom is 0.227 e. The first-order chi connectivity index (χ1) is 7.63. The molecule has 4 N–H and O–H groups in total. The van der Waals surface area contributed by atoms with Crippen LogP contribution in [-0.2, 0) is 4.79 Å². The summed E-state index contributed by atoms with van der Waals surface area (Å²) in [6.07, 6.45) is 3.61. The molecule has 1 amide bonds. The lowest BCUT2D eigenvalue weighted by Crippen LogP contribution is -2.26. The van der Waals surface area contributed by atoms with Gasteiger partial charge in [0.15, 0.2) is 0 Å². The highest BCUT2D eigenvalue weighted by Crippen LogP contribution is 2.32. The molecule has 16 heavy (non-hydrogen) atoms. The van der Waals surface area contributed by atoms with Crippen LogP contribution in [-0.4, -0.2) is 22.8 Å².